The minimum atomic E-state index is -4.94. The Bertz CT molecular complexity index is 837. The van der Waals surface area contributed by atoms with Gasteiger partial charge >= 0.3 is 12.1 Å². The van der Waals surface area contributed by atoms with Crippen LogP contribution in [0.15, 0.2) is 0 Å². The quantitative estimate of drug-likeness (QED) is 0.0242. The third-order valence-electron chi connectivity index (χ3n) is 10.1. The number of hydrogen-bond acceptors (Lipinski definition) is 5. The van der Waals surface area contributed by atoms with E-state index in [0.29, 0.717) is 17.6 Å². The number of unbranched alkanes of at least 4 members (excludes halogenated alkanes) is 24. The lowest BCUT2D eigenvalue weighted by Crippen LogP contribution is -2.57. The van der Waals surface area contributed by atoms with Crippen LogP contribution in [-0.4, -0.2) is 81.4 Å². The van der Waals surface area contributed by atoms with Crippen molar-refractivity contribution in [2.45, 2.75) is 187 Å². The van der Waals surface area contributed by atoms with Crippen LogP contribution in [0.4, 0.5) is 9.59 Å². The zero-order valence-electron chi connectivity index (χ0n) is 34.5. The van der Waals surface area contributed by atoms with Crippen LogP contribution >= 0.6 is 7.82 Å². The Kier molecular flexibility index (Phi) is 33.2. The van der Waals surface area contributed by atoms with Gasteiger partial charge in [-0.05, 0) is 12.8 Å². The molecule has 0 aromatic carbocycles. The van der Waals surface area contributed by atoms with E-state index in [0.717, 1.165) is 25.7 Å². The summed E-state index contributed by atoms with van der Waals surface area (Å²) < 4.78 is 16.5. The summed E-state index contributed by atoms with van der Waals surface area (Å²) >= 11 is 0. The molecule has 0 fully saturated rings. The van der Waals surface area contributed by atoms with Crippen molar-refractivity contribution in [3.05, 3.63) is 0 Å². The highest BCUT2D eigenvalue weighted by Crippen LogP contribution is 2.32. The van der Waals surface area contributed by atoms with E-state index in [1.807, 2.05) is 21.1 Å². The first-order valence-corrected chi connectivity index (χ1v) is 22.9. The summed E-state index contributed by atoms with van der Waals surface area (Å²) in [5, 5.41) is 11.7. The van der Waals surface area contributed by atoms with Crippen LogP contribution in [0.25, 0.3) is 0 Å². The van der Waals surface area contributed by atoms with Crippen LogP contribution in [0.5, 0.6) is 0 Å². The molecule has 0 spiro atoms. The molecule has 0 aromatic heterocycles. The number of rotatable bonds is 37. The number of carbonyl (C=O) groups excluding carboxylic acids is 2. The second-order valence-corrected chi connectivity index (χ2v) is 17.2. The smallest absolute Gasteiger partial charge is 0.314 e. The van der Waals surface area contributed by atoms with Gasteiger partial charge in [0.05, 0.1) is 21.1 Å². The predicted molar refractivity (Wildman–Crippen MR) is 215 cm³/mol. The van der Waals surface area contributed by atoms with Crippen molar-refractivity contribution in [3.63, 3.8) is 0 Å². The largest absolute Gasteiger partial charge is 0.756 e. The first kappa shape index (κ1) is 50.6. The third kappa shape index (κ3) is 34.4. The fourth-order valence-corrected chi connectivity index (χ4v) is 7.11. The predicted octanol–water partition coefficient (Wildman–Crippen LogP) is 8.94. The number of nitrogens with one attached hydrogen (secondary N) is 4. The molecule has 0 aliphatic heterocycles. The van der Waals surface area contributed by atoms with Gasteiger partial charge in [0.25, 0.3) is 7.82 Å². The summed E-state index contributed by atoms with van der Waals surface area (Å²) in [7, 11) is 0.716. The molecule has 11 nitrogen and oxygen atoms in total. The lowest BCUT2D eigenvalue weighted by atomic mass is 9.97. The summed E-state index contributed by atoms with van der Waals surface area (Å²) in [6, 6.07) is -1.04. The van der Waals surface area contributed by atoms with E-state index < -0.39 is 13.9 Å². The van der Waals surface area contributed by atoms with Gasteiger partial charge in [-0.1, -0.05) is 168 Å². The van der Waals surface area contributed by atoms with E-state index in [1.165, 1.54) is 141 Å². The highest BCUT2D eigenvalue weighted by atomic mass is 31.2. The Labute approximate surface area is 320 Å². The van der Waals surface area contributed by atoms with Crippen LogP contribution < -0.4 is 26.2 Å². The summed E-state index contributed by atoms with van der Waals surface area (Å²) in [6.07, 6.45) is 33.0. The van der Waals surface area contributed by atoms with E-state index in [1.54, 1.807) is 0 Å². The molecule has 310 valence electrons. The maximum absolute atomic E-state index is 12.7. The van der Waals surface area contributed by atoms with Crippen molar-refractivity contribution in [2.24, 2.45) is 5.92 Å². The lowest BCUT2D eigenvalue weighted by molar-refractivity contribution is -0.900. The van der Waals surface area contributed by atoms with E-state index in [-0.39, 0.29) is 37.7 Å². The van der Waals surface area contributed by atoms with Crippen molar-refractivity contribution in [3.8, 4) is 0 Å². The average Bonchev–Trinajstić information content (AvgIpc) is 3.08. The highest BCUT2D eigenvalue weighted by Gasteiger charge is 2.34. The van der Waals surface area contributed by atoms with Gasteiger partial charge in [-0.15, -0.1) is 0 Å². The minimum Gasteiger partial charge on any atom is -0.756 e. The Hall–Kier alpha value is -1.39. The molecule has 0 radical (unpaired) electrons. The average molecular weight is 762 g/mol. The molecule has 0 saturated heterocycles. The van der Waals surface area contributed by atoms with Crippen molar-refractivity contribution in [2.75, 3.05) is 53.9 Å². The molecule has 12 heteroatoms. The third-order valence-corrected chi connectivity index (χ3v) is 10.6. The van der Waals surface area contributed by atoms with Gasteiger partial charge in [0.1, 0.15) is 12.6 Å². The number of phosphoric ester groups is 1. The molecule has 0 rings (SSSR count). The van der Waals surface area contributed by atoms with Gasteiger partial charge in [0, 0.05) is 32.1 Å². The van der Waals surface area contributed by atoms with Crippen molar-refractivity contribution < 1.29 is 32.9 Å². The van der Waals surface area contributed by atoms with E-state index in [2.05, 4.69) is 35.1 Å². The molecule has 0 saturated carbocycles. The van der Waals surface area contributed by atoms with Gasteiger partial charge in [0.2, 0.25) is 0 Å². The van der Waals surface area contributed by atoms with Crippen molar-refractivity contribution in [1.29, 1.82) is 0 Å². The number of urea groups is 2. The summed E-state index contributed by atoms with van der Waals surface area (Å²) in [5.74, 6) is -0.365. The van der Waals surface area contributed by atoms with Crippen molar-refractivity contribution in [1.82, 2.24) is 21.3 Å². The summed E-state index contributed by atoms with van der Waals surface area (Å²) in [5.41, 5.74) is 0. The molecule has 52 heavy (non-hydrogen) atoms. The Morgan fingerprint density at radius 1 is 0.558 bits per heavy atom. The summed E-state index contributed by atoms with van der Waals surface area (Å²) in [6.45, 7) is 5.79. The Morgan fingerprint density at radius 3 is 1.12 bits per heavy atom. The first-order valence-electron chi connectivity index (χ1n) is 21.4. The number of hydrogen-bond donors (Lipinski definition) is 5. The second kappa shape index (κ2) is 34.1. The second-order valence-electron chi connectivity index (χ2n) is 16.0. The number of phosphoric acid groups is 1. The zero-order chi connectivity index (χ0) is 38.8. The van der Waals surface area contributed by atoms with Crippen LogP contribution in [-0.2, 0) is 9.09 Å². The SMILES string of the molecule is CCCCCCCCCCCCCCCNC(=O)NCC(CNC(=O)NCCCCCCCCCCCCCCC)C(COP(=O)([O-])O)[N+](C)(C)C. The van der Waals surface area contributed by atoms with Crippen LogP contribution in [0.3, 0.4) is 0 Å². The van der Waals surface area contributed by atoms with Gasteiger partial charge in [-0.2, -0.15) is 0 Å². The number of nitrogens with zero attached hydrogens (tertiary/aromatic N) is 1. The van der Waals surface area contributed by atoms with Crippen LogP contribution in [0.2, 0.25) is 0 Å². The molecule has 0 heterocycles. The number of quaternary nitrogens is 1. The molecule has 5 N–H and O–H groups in total. The zero-order valence-corrected chi connectivity index (χ0v) is 35.4. The van der Waals surface area contributed by atoms with Gasteiger partial charge in [-0.25, -0.2) is 9.59 Å². The number of likely N-dealkylation sites (N-methyl/N-ethyl adjacent to an activating group) is 1. The standard InChI is InChI=1S/C40H84N5O6P/c1-6-8-10-12-14-16-18-20-22-24-26-28-30-32-41-39(46)43-34-37(38(45(3,4)5)36-51-52(48,49)50)35-44-40(47)42-33-31-29-27-25-23-21-19-17-15-13-11-9-7-2/h37-38H,6-36H2,1-5H3,(H5-,41,42,43,44,46,47,48,49,50). The van der Waals surface area contributed by atoms with E-state index in [4.69, 9.17) is 4.52 Å². The van der Waals surface area contributed by atoms with E-state index in [9.17, 15) is 23.9 Å². The maximum Gasteiger partial charge on any atom is 0.314 e. The lowest BCUT2D eigenvalue weighted by Gasteiger charge is -2.39. The highest BCUT2D eigenvalue weighted by molar-refractivity contribution is 7.44. The molecule has 2 unspecified atom stereocenters. The minimum absolute atomic E-state index is 0.196. The molecule has 4 amide bonds. The Morgan fingerprint density at radius 2 is 0.846 bits per heavy atom. The van der Waals surface area contributed by atoms with E-state index >= 15 is 0 Å². The first-order chi connectivity index (χ1) is 24.9. The van der Waals surface area contributed by atoms with Crippen LogP contribution in [0, 0.1) is 5.92 Å². The molecule has 0 aliphatic rings. The molecule has 0 aromatic rings. The van der Waals surface area contributed by atoms with Crippen LogP contribution in [0.1, 0.15) is 181 Å². The molecule has 2 atom stereocenters. The maximum atomic E-state index is 12.7. The fraction of sp³-hybridized carbons (Fsp3) is 0.950. The van der Waals surface area contributed by atoms with Gasteiger partial charge < -0.3 is 40.1 Å². The molecule has 0 bridgehead atoms. The fourth-order valence-electron chi connectivity index (χ4n) is 6.77. The monoisotopic (exact) mass is 762 g/mol. The van der Waals surface area contributed by atoms with Gasteiger partial charge in [0.15, 0.2) is 0 Å². The number of amides is 4. The molecular formula is C40H84N5O6P. The normalized spacial score (nSPS) is 13.5. The summed E-state index contributed by atoms with van der Waals surface area (Å²) in [4.78, 5) is 46.0. The Balaban J connectivity index is 4.43. The molecule has 0 aliphatic carbocycles. The van der Waals surface area contributed by atoms with Crippen molar-refractivity contribution >= 4 is 19.9 Å². The topological polar surface area (TPSA) is 152 Å². The molecular weight excluding hydrogens is 677 g/mol. The van der Waals surface area contributed by atoms with Gasteiger partial charge in [-0.3, -0.25) is 4.57 Å². The number of carbonyl (C=O) groups is 2.